The number of nitrogens with two attached hydrogens (primary N) is 1. The van der Waals surface area contributed by atoms with Gasteiger partial charge in [-0.15, -0.1) is 0 Å². The van der Waals surface area contributed by atoms with Gasteiger partial charge in [0.05, 0.1) is 22.5 Å². The molecule has 4 aromatic rings. The fraction of sp³-hybridized carbons (Fsp3) is 0.0370. The van der Waals surface area contributed by atoms with Crippen molar-refractivity contribution >= 4 is 40.2 Å². The van der Waals surface area contributed by atoms with E-state index >= 15 is 0 Å². The Hall–Kier alpha value is -4.09. The van der Waals surface area contributed by atoms with Gasteiger partial charge in [0.25, 0.3) is 0 Å². The highest BCUT2D eigenvalue weighted by atomic mass is 35.5. The maximum atomic E-state index is 13.5. The Morgan fingerprint density at radius 1 is 0.818 bits per heavy atom. The third-order valence-electron chi connectivity index (χ3n) is 5.57. The standard InChI is InChI=1S/C27H19ClN2O3/c1-15-6-10-17(11-7-15)30-21-14-22(33-18-12-8-16(28)9-13-18)25(29)24-23(21)26(31)19-4-2-3-5-20(19)27(24)32/h2-14,30H,29H2,1H3. The normalized spacial score (nSPS) is 12.2. The van der Waals surface area contributed by atoms with Crippen LogP contribution in [0.2, 0.25) is 5.02 Å². The largest absolute Gasteiger partial charge is 0.455 e. The van der Waals surface area contributed by atoms with Gasteiger partial charge >= 0.3 is 0 Å². The summed E-state index contributed by atoms with van der Waals surface area (Å²) in [4.78, 5) is 26.9. The van der Waals surface area contributed by atoms with E-state index in [9.17, 15) is 9.59 Å². The first-order valence-corrected chi connectivity index (χ1v) is 10.7. The third-order valence-corrected chi connectivity index (χ3v) is 5.82. The number of rotatable bonds is 4. The number of ether oxygens (including phenoxy) is 1. The van der Waals surface area contributed by atoms with Crippen LogP contribution in [0.1, 0.15) is 37.4 Å². The summed E-state index contributed by atoms with van der Waals surface area (Å²) in [5.74, 6) is 0.194. The lowest BCUT2D eigenvalue weighted by molar-refractivity contribution is 0.0980. The smallest absolute Gasteiger partial charge is 0.196 e. The summed E-state index contributed by atoms with van der Waals surface area (Å²) in [7, 11) is 0. The van der Waals surface area contributed by atoms with E-state index in [2.05, 4.69) is 5.32 Å². The average Bonchev–Trinajstić information content (AvgIpc) is 2.82. The van der Waals surface area contributed by atoms with Crippen LogP contribution in [0.4, 0.5) is 17.1 Å². The van der Waals surface area contributed by atoms with E-state index in [1.165, 1.54) is 0 Å². The summed E-state index contributed by atoms with van der Waals surface area (Å²) in [6.07, 6.45) is 0. The lowest BCUT2D eigenvalue weighted by Crippen LogP contribution is -2.24. The molecule has 6 heteroatoms. The van der Waals surface area contributed by atoms with E-state index in [1.54, 1.807) is 54.6 Å². The molecular weight excluding hydrogens is 436 g/mol. The molecule has 0 radical (unpaired) electrons. The van der Waals surface area contributed by atoms with Crippen molar-refractivity contribution in [1.29, 1.82) is 0 Å². The zero-order chi connectivity index (χ0) is 23.1. The number of hydrogen-bond acceptors (Lipinski definition) is 5. The summed E-state index contributed by atoms with van der Waals surface area (Å²) in [5, 5.41) is 3.84. The number of ketones is 2. The molecule has 0 bridgehead atoms. The summed E-state index contributed by atoms with van der Waals surface area (Å²) in [5.41, 5.74) is 9.91. The molecule has 0 saturated carbocycles. The Kier molecular flexibility index (Phi) is 5.11. The first kappa shape index (κ1) is 20.8. The molecule has 162 valence electrons. The predicted molar refractivity (Wildman–Crippen MR) is 130 cm³/mol. The van der Waals surface area contributed by atoms with Crippen molar-refractivity contribution in [1.82, 2.24) is 0 Å². The monoisotopic (exact) mass is 454 g/mol. The van der Waals surface area contributed by atoms with Gasteiger partial charge in [0.2, 0.25) is 0 Å². The van der Waals surface area contributed by atoms with Gasteiger partial charge in [-0.25, -0.2) is 0 Å². The molecule has 3 N–H and O–H groups in total. The van der Waals surface area contributed by atoms with Gasteiger partial charge in [0, 0.05) is 27.9 Å². The molecular formula is C27H19ClN2O3. The SMILES string of the molecule is Cc1ccc(Nc2cc(Oc3ccc(Cl)cc3)c(N)c3c2C(=O)c2ccccc2C3=O)cc1. The zero-order valence-electron chi connectivity index (χ0n) is 17.7. The highest BCUT2D eigenvalue weighted by Gasteiger charge is 2.35. The molecule has 5 rings (SSSR count). The molecule has 0 aliphatic heterocycles. The number of nitrogens with one attached hydrogen (secondary N) is 1. The first-order valence-electron chi connectivity index (χ1n) is 10.3. The Bertz CT molecular complexity index is 1410. The third kappa shape index (κ3) is 3.73. The van der Waals surface area contributed by atoms with Crippen molar-refractivity contribution in [2.75, 3.05) is 11.1 Å². The fourth-order valence-electron chi connectivity index (χ4n) is 3.90. The van der Waals surface area contributed by atoms with Crippen molar-refractivity contribution < 1.29 is 14.3 Å². The van der Waals surface area contributed by atoms with Crippen LogP contribution < -0.4 is 15.8 Å². The van der Waals surface area contributed by atoms with Crippen LogP contribution in [0.5, 0.6) is 11.5 Å². The lowest BCUT2D eigenvalue weighted by atomic mass is 9.82. The van der Waals surface area contributed by atoms with Crippen LogP contribution in [-0.2, 0) is 0 Å². The van der Waals surface area contributed by atoms with Crippen molar-refractivity contribution in [3.05, 3.63) is 112 Å². The molecule has 1 aliphatic carbocycles. The lowest BCUT2D eigenvalue weighted by Gasteiger charge is -2.24. The van der Waals surface area contributed by atoms with Crippen molar-refractivity contribution in [2.45, 2.75) is 6.92 Å². The number of nitrogen functional groups attached to an aromatic ring is 1. The van der Waals surface area contributed by atoms with Crippen LogP contribution in [0, 0.1) is 6.92 Å². The Balaban J connectivity index is 1.69. The van der Waals surface area contributed by atoms with Crippen molar-refractivity contribution in [3.63, 3.8) is 0 Å². The second-order valence-electron chi connectivity index (χ2n) is 7.84. The Morgan fingerprint density at radius 3 is 2.06 bits per heavy atom. The molecule has 0 spiro atoms. The summed E-state index contributed by atoms with van der Waals surface area (Å²) in [6.45, 7) is 1.99. The quantitative estimate of drug-likeness (QED) is 0.301. The topological polar surface area (TPSA) is 81.4 Å². The van der Waals surface area contributed by atoms with Gasteiger partial charge in [0.1, 0.15) is 5.75 Å². The number of carbonyl (C=O) groups excluding carboxylic acids is 2. The maximum Gasteiger partial charge on any atom is 0.196 e. The molecule has 0 fully saturated rings. The maximum absolute atomic E-state index is 13.5. The minimum Gasteiger partial charge on any atom is -0.455 e. The minimum absolute atomic E-state index is 0.113. The number of anilines is 3. The molecule has 5 nitrogen and oxygen atoms in total. The molecule has 0 aromatic heterocycles. The molecule has 33 heavy (non-hydrogen) atoms. The van der Waals surface area contributed by atoms with E-state index in [4.69, 9.17) is 22.1 Å². The Morgan fingerprint density at radius 2 is 1.42 bits per heavy atom. The van der Waals surface area contributed by atoms with E-state index < -0.39 is 0 Å². The second kappa shape index (κ2) is 8.11. The first-order chi connectivity index (χ1) is 15.9. The van der Waals surface area contributed by atoms with Crippen LogP contribution >= 0.6 is 11.6 Å². The highest BCUT2D eigenvalue weighted by Crippen LogP contribution is 2.43. The molecule has 0 atom stereocenters. The highest BCUT2D eigenvalue weighted by molar-refractivity contribution is 6.32. The van der Waals surface area contributed by atoms with E-state index in [0.29, 0.717) is 27.6 Å². The number of carbonyl (C=O) groups is 2. The van der Waals surface area contributed by atoms with Gasteiger partial charge in [-0.3, -0.25) is 9.59 Å². The molecule has 4 aromatic carbocycles. The van der Waals surface area contributed by atoms with Crippen LogP contribution in [0.15, 0.2) is 78.9 Å². The summed E-state index contributed by atoms with van der Waals surface area (Å²) in [6, 6.07) is 22.9. The summed E-state index contributed by atoms with van der Waals surface area (Å²) >= 11 is 5.98. The molecule has 0 heterocycles. The number of benzene rings is 4. The summed E-state index contributed by atoms with van der Waals surface area (Å²) < 4.78 is 6.01. The van der Waals surface area contributed by atoms with Crippen LogP contribution in [-0.4, -0.2) is 11.6 Å². The van der Waals surface area contributed by atoms with Gasteiger partial charge in [-0.05, 0) is 43.3 Å². The van der Waals surface area contributed by atoms with Crippen LogP contribution in [0.3, 0.4) is 0 Å². The van der Waals surface area contributed by atoms with Crippen LogP contribution in [0.25, 0.3) is 0 Å². The molecule has 0 saturated heterocycles. The Labute approximate surface area is 195 Å². The minimum atomic E-state index is -0.314. The fourth-order valence-corrected chi connectivity index (χ4v) is 4.02. The number of hydrogen-bond donors (Lipinski definition) is 2. The van der Waals surface area contributed by atoms with Crippen molar-refractivity contribution in [2.24, 2.45) is 0 Å². The number of fused-ring (bicyclic) bond motifs is 2. The number of halogens is 1. The van der Waals surface area contributed by atoms with Gasteiger partial charge in [-0.1, -0.05) is 53.6 Å². The second-order valence-corrected chi connectivity index (χ2v) is 8.27. The molecule has 0 unspecified atom stereocenters. The number of aryl methyl sites for hydroxylation is 1. The molecule has 0 amide bonds. The van der Waals surface area contributed by atoms with E-state index in [1.807, 2.05) is 31.2 Å². The van der Waals surface area contributed by atoms with E-state index in [0.717, 1.165) is 11.3 Å². The molecule has 1 aliphatic rings. The van der Waals surface area contributed by atoms with Crippen molar-refractivity contribution in [3.8, 4) is 11.5 Å². The zero-order valence-corrected chi connectivity index (χ0v) is 18.4. The average molecular weight is 455 g/mol. The van der Waals surface area contributed by atoms with E-state index in [-0.39, 0.29) is 34.1 Å². The van der Waals surface area contributed by atoms with Gasteiger partial charge < -0.3 is 15.8 Å². The predicted octanol–water partition coefficient (Wildman–Crippen LogP) is 6.54. The van der Waals surface area contributed by atoms with Gasteiger partial charge in [0.15, 0.2) is 17.3 Å². The van der Waals surface area contributed by atoms with Gasteiger partial charge in [-0.2, -0.15) is 0 Å².